The van der Waals surface area contributed by atoms with Crippen molar-refractivity contribution >= 4 is 11.0 Å². The molecule has 2 aromatic rings. The van der Waals surface area contributed by atoms with Crippen LogP contribution in [0.15, 0.2) is 18.3 Å². The summed E-state index contributed by atoms with van der Waals surface area (Å²) in [5, 5.41) is 1.04. The van der Waals surface area contributed by atoms with Gasteiger partial charge in [0.05, 0.1) is 5.69 Å². The molecule has 0 bridgehead atoms. The van der Waals surface area contributed by atoms with Crippen LogP contribution in [0.3, 0.4) is 0 Å². The van der Waals surface area contributed by atoms with Crippen LogP contribution < -0.4 is 0 Å². The Hall–Kier alpha value is -1.51. The summed E-state index contributed by atoms with van der Waals surface area (Å²) in [6.45, 7) is 6.17. The van der Waals surface area contributed by atoms with Crippen molar-refractivity contribution in [2.24, 2.45) is 0 Å². The number of fused-ring (bicyclic) bond motifs is 1. The standard InChI is InChI=1S/C11H13N3/c1-7(2)10-13-8(3)9-5-4-6-12-11(9)14-10/h4-7H,1-3H3. The normalized spacial score (nSPS) is 11.1. The first-order valence-electron chi connectivity index (χ1n) is 4.77. The molecule has 0 aliphatic carbocycles. The maximum atomic E-state index is 4.45. The van der Waals surface area contributed by atoms with Gasteiger partial charge in [0, 0.05) is 17.5 Å². The maximum absolute atomic E-state index is 4.45. The van der Waals surface area contributed by atoms with E-state index in [-0.39, 0.29) is 0 Å². The Morgan fingerprint density at radius 2 is 2.00 bits per heavy atom. The summed E-state index contributed by atoms with van der Waals surface area (Å²) in [7, 11) is 0. The Labute approximate surface area is 83.2 Å². The number of hydrogen-bond acceptors (Lipinski definition) is 3. The fourth-order valence-corrected chi connectivity index (χ4v) is 1.39. The monoisotopic (exact) mass is 187 g/mol. The van der Waals surface area contributed by atoms with E-state index in [4.69, 9.17) is 0 Å². The quantitative estimate of drug-likeness (QED) is 0.688. The molecule has 3 heteroatoms. The van der Waals surface area contributed by atoms with Crippen molar-refractivity contribution < 1.29 is 0 Å². The average Bonchev–Trinajstić information content (AvgIpc) is 2.17. The van der Waals surface area contributed by atoms with Crippen LogP contribution in [0.25, 0.3) is 11.0 Å². The molecule has 0 aliphatic rings. The summed E-state index contributed by atoms with van der Waals surface area (Å²) in [4.78, 5) is 13.1. The first-order valence-corrected chi connectivity index (χ1v) is 4.77. The SMILES string of the molecule is Cc1nc(C(C)C)nc2ncccc12. The van der Waals surface area contributed by atoms with E-state index < -0.39 is 0 Å². The van der Waals surface area contributed by atoms with Crippen LogP contribution in [-0.4, -0.2) is 15.0 Å². The molecule has 2 heterocycles. The topological polar surface area (TPSA) is 38.7 Å². The van der Waals surface area contributed by atoms with Crippen molar-refractivity contribution in [2.75, 3.05) is 0 Å². The summed E-state index contributed by atoms with van der Waals surface area (Å²) in [5.74, 6) is 1.22. The second-order valence-corrected chi connectivity index (χ2v) is 3.70. The molecule has 0 saturated carbocycles. The first kappa shape index (κ1) is 9.06. The van der Waals surface area contributed by atoms with Gasteiger partial charge in [-0.25, -0.2) is 15.0 Å². The van der Waals surface area contributed by atoms with Gasteiger partial charge < -0.3 is 0 Å². The molecule has 14 heavy (non-hydrogen) atoms. The molecule has 0 atom stereocenters. The highest BCUT2D eigenvalue weighted by Gasteiger charge is 2.07. The molecule has 2 aromatic heterocycles. The third-order valence-electron chi connectivity index (χ3n) is 2.20. The van der Waals surface area contributed by atoms with E-state index in [0.29, 0.717) is 5.92 Å². The second-order valence-electron chi connectivity index (χ2n) is 3.70. The highest BCUT2D eigenvalue weighted by Crippen LogP contribution is 2.16. The largest absolute Gasteiger partial charge is 0.237 e. The molecule has 2 rings (SSSR count). The molecule has 0 N–H and O–H groups in total. The molecule has 3 nitrogen and oxygen atoms in total. The third kappa shape index (κ3) is 1.45. The van der Waals surface area contributed by atoms with Gasteiger partial charge in [-0.15, -0.1) is 0 Å². The molecule has 72 valence electrons. The number of aromatic nitrogens is 3. The van der Waals surface area contributed by atoms with E-state index in [9.17, 15) is 0 Å². The van der Waals surface area contributed by atoms with Crippen molar-refractivity contribution in [2.45, 2.75) is 26.7 Å². The van der Waals surface area contributed by atoms with Crippen molar-refractivity contribution in [1.82, 2.24) is 15.0 Å². The molecule has 0 spiro atoms. The summed E-state index contributed by atoms with van der Waals surface area (Å²) in [6, 6.07) is 3.91. The van der Waals surface area contributed by atoms with Crippen molar-refractivity contribution in [3.8, 4) is 0 Å². The van der Waals surface area contributed by atoms with Crippen LogP contribution in [0.2, 0.25) is 0 Å². The van der Waals surface area contributed by atoms with Gasteiger partial charge in [0.2, 0.25) is 0 Å². The summed E-state index contributed by atoms with van der Waals surface area (Å²) < 4.78 is 0. The Morgan fingerprint density at radius 1 is 1.21 bits per heavy atom. The Balaban J connectivity index is 2.72. The van der Waals surface area contributed by atoms with E-state index in [1.165, 1.54) is 0 Å². The van der Waals surface area contributed by atoms with Gasteiger partial charge in [-0.1, -0.05) is 13.8 Å². The number of hydrogen-bond donors (Lipinski definition) is 0. The molecule has 0 radical (unpaired) electrons. The smallest absolute Gasteiger partial charge is 0.163 e. The van der Waals surface area contributed by atoms with E-state index in [1.807, 2.05) is 19.1 Å². The number of rotatable bonds is 1. The van der Waals surface area contributed by atoms with Crippen LogP contribution in [-0.2, 0) is 0 Å². The van der Waals surface area contributed by atoms with Crippen molar-refractivity contribution in [1.29, 1.82) is 0 Å². The maximum Gasteiger partial charge on any atom is 0.163 e. The third-order valence-corrected chi connectivity index (χ3v) is 2.20. The van der Waals surface area contributed by atoms with Gasteiger partial charge in [-0.2, -0.15) is 0 Å². The lowest BCUT2D eigenvalue weighted by Gasteiger charge is -2.06. The summed E-state index contributed by atoms with van der Waals surface area (Å²) in [6.07, 6.45) is 1.76. The fourth-order valence-electron chi connectivity index (χ4n) is 1.39. The Morgan fingerprint density at radius 3 is 2.71 bits per heavy atom. The zero-order chi connectivity index (χ0) is 10.1. The molecule has 0 fully saturated rings. The van der Waals surface area contributed by atoms with Crippen LogP contribution in [0.1, 0.15) is 31.3 Å². The van der Waals surface area contributed by atoms with Crippen molar-refractivity contribution in [3.05, 3.63) is 29.8 Å². The lowest BCUT2D eigenvalue weighted by atomic mass is 10.2. The molecular formula is C11H13N3. The number of aryl methyl sites for hydroxylation is 1. The predicted molar refractivity (Wildman–Crippen MR) is 56.2 cm³/mol. The minimum atomic E-state index is 0.347. The van der Waals surface area contributed by atoms with Gasteiger partial charge in [0.15, 0.2) is 5.65 Å². The average molecular weight is 187 g/mol. The van der Waals surface area contributed by atoms with Gasteiger partial charge in [-0.05, 0) is 19.1 Å². The number of nitrogens with zero attached hydrogens (tertiary/aromatic N) is 3. The molecule has 0 aliphatic heterocycles. The summed E-state index contributed by atoms with van der Waals surface area (Å²) >= 11 is 0. The Kier molecular flexibility index (Phi) is 2.15. The van der Waals surface area contributed by atoms with E-state index in [0.717, 1.165) is 22.6 Å². The number of pyridine rings is 1. The van der Waals surface area contributed by atoms with Gasteiger partial charge in [0.1, 0.15) is 5.82 Å². The van der Waals surface area contributed by atoms with E-state index >= 15 is 0 Å². The molecule has 0 amide bonds. The lowest BCUT2D eigenvalue weighted by molar-refractivity contribution is 0.774. The van der Waals surface area contributed by atoms with E-state index in [1.54, 1.807) is 6.20 Å². The van der Waals surface area contributed by atoms with Crippen LogP contribution in [0, 0.1) is 6.92 Å². The first-order chi connectivity index (χ1) is 6.68. The lowest BCUT2D eigenvalue weighted by Crippen LogP contribution is -2.01. The highest BCUT2D eigenvalue weighted by atomic mass is 14.9. The zero-order valence-electron chi connectivity index (χ0n) is 8.65. The van der Waals surface area contributed by atoms with Gasteiger partial charge >= 0.3 is 0 Å². The highest BCUT2D eigenvalue weighted by molar-refractivity contribution is 5.76. The van der Waals surface area contributed by atoms with Crippen LogP contribution in [0.5, 0.6) is 0 Å². The Bertz CT molecular complexity index is 463. The van der Waals surface area contributed by atoms with Gasteiger partial charge in [0.25, 0.3) is 0 Å². The minimum Gasteiger partial charge on any atom is -0.237 e. The summed E-state index contributed by atoms with van der Waals surface area (Å²) in [5.41, 5.74) is 1.80. The molecule has 0 aromatic carbocycles. The zero-order valence-corrected chi connectivity index (χ0v) is 8.65. The van der Waals surface area contributed by atoms with Crippen LogP contribution >= 0.6 is 0 Å². The van der Waals surface area contributed by atoms with Gasteiger partial charge in [-0.3, -0.25) is 0 Å². The molecular weight excluding hydrogens is 174 g/mol. The minimum absolute atomic E-state index is 0.347. The fraction of sp³-hybridized carbons (Fsp3) is 0.364. The molecule has 0 unspecified atom stereocenters. The second kappa shape index (κ2) is 3.33. The van der Waals surface area contributed by atoms with Crippen molar-refractivity contribution in [3.63, 3.8) is 0 Å². The van der Waals surface area contributed by atoms with Crippen LogP contribution in [0.4, 0.5) is 0 Å². The predicted octanol–water partition coefficient (Wildman–Crippen LogP) is 2.46. The molecule has 0 saturated heterocycles. The van der Waals surface area contributed by atoms with E-state index in [2.05, 4.69) is 28.8 Å².